The molecule has 1 fully saturated rings. The molecule has 2 N–H and O–H groups in total. The van der Waals surface area contributed by atoms with Crippen molar-refractivity contribution in [2.24, 2.45) is 0 Å². The second-order valence-corrected chi connectivity index (χ2v) is 8.77. The Kier molecular flexibility index (Phi) is 6.52. The number of aromatic nitrogens is 1. The summed E-state index contributed by atoms with van der Waals surface area (Å²) in [6.45, 7) is 1.37. The Balaban J connectivity index is 1.21. The number of rotatable bonds is 6. The van der Waals surface area contributed by atoms with Gasteiger partial charge in [-0.25, -0.2) is 18.2 Å². The van der Waals surface area contributed by atoms with Gasteiger partial charge >= 0.3 is 0 Å². The van der Waals surface area contributed by atoms with Crippen LogP contribution in [0.5, 0.6) is 0 Å². The van der Waals surface area contributed by atoms with E-state index in [2.05, 4.69) is 10.3 Å². The number of carbonyl (C=O) groups excluding carboxylic acids is 2. The molecule has 2 amide bonds. The summed E-state index contributed by atoms with van der Waals surface area (Å²) in [6, 6.07) is 6.20. The summed E-state index contributed by atoms with van der Waals surface area (Å²) in [5.74, 6) is -2.91. The summed E-state index contributed by atoms with van der Waals surface area (Å²) >= 11 is 0. The Hall–Kier alpha value is -3.67. The number of nitrogens with zero attached hydrogens (tertiary/aromatic N) is 3. The van der Waals surface area contributed by atoms with E-state index >= 15 is 4.39 Å². The SMILES string of the molecule is O=C(NCC(F)F)c1ccc(N2CCN(Cc3ccc4c(c3F)NC(=O)C3OC=CC43)CC2)c(F)n1. The number of benzene rings is 1. The van der Waals surface area contributed by atoms with E-state index in [1.807, 2.05) is 10.2 Å². The molecule has 0 aliphatic carbocycles. The number of nitrogens with one attached hydrogen (secondary N) is 2. The third-order valence-electron chi connectivity index (χ3n) is 6.54. The smallest absolute Gasteiger partial charge is 0.270 e. The van der Waals surface area contributed by atoms with Crippen LogP contribution in [0.25, 0.3) is 0 Å². The highest BCUT2D eigenvalue weighted by Crippen LogP contribution is 2.40. The molecule has 0 radical (unpaired) electrons. The molecule has 0 spiro atoms. The number of halogens is 4. The van der Waals surface area contributed by atoms with Crippen molar-refractivity contribution < 1.29 is 31.9 Å². The van der Waals surface area contributed by atoms with Gasteiger partial charge in [0.1, 0.15) is 5.69 Å². The van der Waals surface area contributed by atoms with Crippen molar-refractivity contribution in [1.82, 2.24) is 15.2 Å². The molecule has 1 aromatic carbocycles. The maximum Gasteiger partial charge on any atom is 0.270 e. The van der Waals surface area contributed by atoms with Crippen molar-refractivity contribution in [3.63, 3.8) is 0 Å². The summed E-state index contributed by atoms with van der Waals surface area (Å²) in [4.78, 5) is 31.5. The molecule has 8 nitrogen and oxygen atoms in total. The Morgan fingerprint density at radius 2 is 1.94 bits per heavy atom. The van der Waals surface area contributed by atoms with Crippen LogP contribution in [0.1, 0.15) is 27.5 Å². The molecule has 4 heterocycles. The van der Waals surface area contributed by atoms with E-state index in [9.17, 15) is 22.8 Å². The molecule has 0 bridgehead atoms. The highest BCUT2D eigenvalue weighted by Gasteiger charge is 2.40. The van der Waals surface area contributed by atoms with Crippen molar-refractivity contribution in [2.45, 2.75) is 25.0 Å². The highest BCUT2D eigenvalue weighted by molar-refractivity contribution is 5.99. The molecule has 3 aliphatic heterocycles. The fourth-order valence-electron chi connectivity index (χ4n) is 4.68. The third kappa shape index (κ3) is 4.60. The van der Waals surface area contributed by atoms with Crippen LogP contribution < -0.4 is 15.5 Å². The van der Waals surface area contributed by atoms with Gasteiger partial charge in [0.15, 0.2) is 11.9 Å². The highest BCUT2D eigenvalue weighted by atomic mass is 19.3. The average Bonchev–Trinajstić information content (AvgIpc) is 3.36. The van der Waals surface area contributed by atoms with Crippen LogP contribution in [0.2, 0.25) is 0 Å². The van der Waals surface area contributed by atoms with E-state index in [-0.39, 0.29) is 28.9 Å². The molecule has 3 aliphatic rings. The minimum Gasteiger partial charge on any atom is -0.488 e. The number of alkyl halides is 2. The predicted molar refractivity (Wildman–Crippen MR) is 122 cm³/mol. The first-order chi connectivity index (χ1) is 17.3. The van der Waals surface area contributed by atoms with Gasteiger partial charge in [-0.15, -0.1) is 0 Å². The van der Waals surface area contributed by atoms with Gasteiger partial charge in [-0.1, -0.05) is 12.1 Å². The number of piperazine rings is 1. The second kappa shape index (κ2) is 9.76. The Bertz CT molecular complexity index is 1220. The third-order valence-corrected chi connectivity index (χ3v) is 6.54. The Morgan fingerprint density at radius 3 is 2.67 bits per heavy atom. The zero-order chi connectivity index (χ0) is 25.4. The maximum atomic E-state index is 15.3. The minimum atomic E-state index is -2.71. The largest absolute Gasteiger partial charge is 0.488 e. The van der Waals surface area contributed by atoms with E-state index in [4.69, 9.17) is 4.74 Å². The molecule has 36 heavy (non-hydrogen) atoms. The first-order valence-electron chi connectivity index (χ1n) is 11.5. The normalized spacial score (nSPS) is 21.1. The van der Waals surface area contributed by atoms with Crippen LogP contribution in [-0.2, 0) is 16.1 Å². The minimum absolute atomic E-state index is 0.179. The number of ether oxygens (including phenoxy) is 1. The van der Waals surface area contributed by atoms with E-state index < -0.39 is 36.7 Å². The van der Waals surface area contributed by atoms with Crippen LogP contribution in [0.4, 0.5) is 28.9 Å². The first kappa shape index (κ1) is 24.0. The Labute approximate surface area is 203 Å². The molecular formula is C24H23F4N5O3. The zero-order valence-electron chi connectivity index (χ0n) is 19.0. The lowest BCUT2D eigenvalue weighted by atomic mass is 9.88. The van der Waals surface area contributed by atoms with Gasteiger partial charge in [0.05, 0.1) is 30.1 Å². The number of anilines is 2. The molecule has 2 aromatic rings. The van der Waals surface area contributed by atoms with E-state index in [0.29, 0.717) is 43.9 Å². The van der Waals surface area contributed by atoms with Crippen LogP contribution in [0.15, 0.2) is 36.6 Å². The van der Waals surface area contributed by atoms with E-state index in [1.54, 1.807) is 23.1 Å². The molecule has 2 atom stereocenters. The predicted octanol–water partition coefficient (Wildman–Crippen LogP) is 2.63. The quantitative estimate of drug-likeness (QED) is 0.464. The topological polar surface area (TPSA) is 86.8 Å². The van der Waals surface area contributed by atoms with E-state index in [0.717, 1.165) is 0 Å². The lowest BCUT2D eigenvalue weighted by Crippen LogP contribution is -2.46. The zero-order valence-corrected chi connectivity index (χ0v) is 19.0. The maximum absolute atomic E-state index is 15.3. The van der Waals surface area contributed by atoms with Gasteiger partial charge in [0.2, 0.25) is 5.95 Å². The van der Waals surface area contributed by atoms with Gasteiger partial charge in [-0.05, 0) is 23.8 Å². The van der Waals surface area contributed by atoms with Crippen LogP contribution in [0.3, 0.4) is 0 Å². The lowest BCUT2D eigenvalue weighted by Gasteiger charge is -2.36. The van der Waals surface area contributed by atoms with Crippen LogP contribution in [0, 0.1) is 11.8 Å². The van der Waals surface area contributed by atoms with Crippen molar-refractivity contribution in [2.75, 3.05) is 42.9 Å². The molecule has 1 aromatic heterocycles. The summed E-state index contributed by atoms with van der Waals surface area (Å²) in [7, 11) is 0. The summed E-state index contributed by atoms with van der Waals surface area (Å²) in [5.41, 5.74) is 1.21. The fraction of sp³-hybridized carbons (Fsp3) is 0.375. The molecular weight excluding hydrogens is 482 g/mol. The fourth-order valence-corrected chi connectivity index (χ4v) is 4.68. The summed E-state index contributed by atoms with van der Waals surface area (Å²) in [6.07, 6.45) is -0.179. The number of hydrogen-bond donors (Lipinski definition) is 2. The van der Waals surface area contributed by atoms with Crippen molar-refractivity contribution in [3.05, 3.63) is 65.2 Å². The molecule has 2 unspecified atom stereocenters. The van der Waals surface area contributed by atoms with Crippen molar-refractivity contribution in [1.29, 1.82) is 0 Å². The average molecular weight is 505 g/mol. The van der Waals surface area contributed by atoms with Gasteiger partial charge < -0.3 is 20.3 Å². The molecule has 1 saturated heterocycles. The van der Waals surface area contributed by atoms with Crippen LogP contribution in [-0.4, -0.2) is 67.0 Å². The number of pyridine rings is 1. The Morgan fingerprint density at radius 1 is 1.17 bits per heavy atom. The number of carbonyl (C=O) groups is 2. The standard InChI is InChI=1S/C24H23F4N5O3/c25-18(26)11-29-23(34)16-3-4-17(22(28)30-16)33-8-6-32(7-9-33)12-13-1-2-14-15-5-10-36-21(15)24(35)31-20(14)19(13)27/h1-5,10,15,18,21H,6-9,11-12H2,(H,29,34)(H,31,35). The molecule has 12 heteroatoms. The van der Waals surface area contributed by atoms with Gasteiger partial charge in [0.25, 0.3) is 18.2 Å². The van der Waals surface area contributed by atoms with Gasteiger partial charge in [-0.2, -0.15) is 4.39 Å². The summed E-state index contributed by atoms with van der Waals surface area (Å²) in [5, 5.41) is 4.61. The van der Waals surface area contributed by atoms with Gasteiger partial charge in [-0.3, -0.25) is 14.5 Å². The van der Waals surface area contributed by atoms with E-state index in [1.165, 1.54) is 18.4 Å². The second-order valence-electron chi connectivity index (χ2n) is 8.77. The first-order valence-corrected chi connectivity index (χ1v) is 11.5. The van der Waals surface area contributed by atoms with Crippen molar-refractivity contribution in [3.8, 4) is 0 Å². The van der Waals surface area contributed by atoms with Crippen molar-refractivity contribution >= 4 is 23.2 Å². The number of hydrogen-bond acceptors (Lipinski definition) is 6. The summed E-state index contributed by atoms with van der Waals surface area (Å²) < 4.78 is 59.7. The molecule has 190 valence electrons. The molecule has 0 saturated carbocycles. The monoisotopic (exact) mass is 505 g/mol. The van der Waals surface area contributed by atoms with Crippen LogP contribution >= 0.6 is 0 Å². The number of amides is 2. The molecule has 5 rings (SSSR count). The van der Waals surface area contributed by atoms with Gasteiger partial charge in [0, 0.05) is 38.3 Å². The lowest BCUT2D eigenvalue weighted by molar-refractivity contribution is -0.124. The number of fused-ring (bicyclic) bond motifs is 3.